The first-order valence-electron chi connectivity index (χ1n) is 16.5. The Bertz CT molecular complexity index is 2000. The second-order valence-electron chi connectivity index (χ2n) is 12.2. The first-order chi connectivity index (χ1) is 24.7. The molecule has 0 heterocycles. The number of Topliss-reactive ketones (excluding diaryl/α,β-unsaturated/α-hetero) is 1. The minimum Gasteiger partial charge on any atom is -0.493 e. The zero-order valence-electron chi connectivity index (χ0n) is 29.0. The minimum atomic E-state index is -1.17. The predicted octanol–water partition coefficient (Wildman–Crippen LogP) is 6.88. The summed E-state index contributed by atoms with van der Waals surface area (Å²) in [5, 5.41) is 5.00. The highest BCUT2D eigenvalue weighted by Gasteiger charge is 2.30. The summed E-state index contributed by atoms with van der Waals surface area (Å²) in [5.41, 5.74) is 2.82. The van der Waals surface area contributed by atoms with Crippen molar-refractivity contribution < 1.29 is 38.1 Å². The Balaban J connectivity index is 1.37. The molecule has 0 aliphatic carbocycles. The molecule has 262 valence electrons. The van der Waals surface area contributed by atoms with Gasteiger partial charge in [0.2, 0.25) is 0 Å². The predicted molar refractivity (Wildman–Crippen MR) is 194 cm³/mol. The lowest BCUT2D eigenvalue weighted by atomic mass is 9.96. The number of fused-ring (bicyclic) bond motifs is 1. The molecule has 1 atom stereocenters. The van der Waals surface area contributed by atoms with E-state index in [9.17, 15) is 19.2 Å². The summed E-state index contributed by atoms with van der Waals surface area (Å²) < 4.78 is 21.6. The number of para-hydroxylation sites is 4. The third-order valence-corrected chi connectivity index (χ3v) is 8.06. The van der Waals surface area contributed by atoms with Crippen LogP contribution < -0.4 is 24.3 Å². The number of rotatable bonds is 14. The topological polar surface area (TPSA) is 120 Å². The van der Waals surface area contributed by atoms with Crippen molar-refractivity contribution in [1.29, 1.82) is 0 Å². The number of nitrogens with one attached hydrogen (secondary N) is 1. The molecular weight excluding hydrogens is 648 g/mol. The summed E-state index contributed by atoms with van der Waals surface area (Å²) in [6.07, 6.45) is 0.0782. The second-order valence-corrected chi connectivity index (χ2v) is 12.2. The highest BCUT2D eigenvalue weighted by atomic mass is 16.6. The first kappa shape index (κ1) is 36.1. The van der Waals surface area contributed by atoms with Crippen LogP contribution >= 0.6 is 0 Å². The second kappa shape index (κ2) is 17.0. The monoisotopic (exact) mass is 688 g/mol. The summed E-state index contributed by atoms with van der Waals surface area (Å²) in [6.45, 7) is 3.27. The van der Waals surface area contributed by atoms with Gasteiger partial charge in [0.1, 0.15) is 6.04 Å². The fourth-order valence-corrected chi connectivity index (χ4v) is 5.61. The van der Waals surface area contributed by atoms with Gasteiger partial charge in [-0.1, -0.05) is 105 Å². The van der Waals surface area contributed by atoms with Gasteiger partial charge < -0.3 is 29.2 Å². The molecule has 5 rings (SSSR count). The number of esters is 2. The van der Waals surface area contributed by atoms with Crippen LogP contribution in [0.4, 0.5) is 4.79 Å². The average molecular weight is 689 g/mol. The van der Waals surface area contributed by atoms with Crippen molar-refractivity contribution >= 4 is 34.5 Å². The maximum Gasteiger partial charge on any atom is 0.382 e. The lowest BCUT2D eigenvalue weighted by Crippen LogP contribution is -2.52. The quantitative estimate of drug-likeness (QED) is 0.0762. The van der Waals surface area contributed by atoms with Crippen LogP contribution in [0.2, 0.25) is 0 Å². The summed E-state index contributed by atoms with van der Waals surface area (Å²) >= 11 is 0. The molecule has 2 amide bonds. The van der Waals surface area contributed by atoms with Gasteiger partial charge in [-0.3, -0.25) is 4.79 Å². The maximum atomic E-state index is 13.8. The van der Waals surface area contributed by atoms with Gasteiger partial charge in [0.25, 0.3) is 5.78 Å². The van der Waals surface area contributed by atoms with Gasteiger partial charge in [0.15, 0.2) is 23.0 Å². The van der Waals surface area contributed by atoms with Crippen molar-refractivity contribution in [3.8, 4) is 34.1 Å². The van der Waals surface area contributed by atoms with Gasteiger partial charge >= 0.3 is 18.0 Å². The number of amides is 2. The van der Waals surface area contributed by atoms with Crippen LogP contribution in [0.1, 0.15) is 19.4 Å². The van der Waals surface area contributed by atoms with Crippen LogP contribution in [0.25, 0.3) is 21.9 Å². The van der Waals surface area contributed by atoms with Crippen molar-refractivity contribution in [2.75, 3.05) is 27.3 Å². The van der Waals surface area contributed by atoms with Crippen LogP contribution in [0.15, 0.2) is 115 Å². The molecule has 5 aromatic rings. The Kier molecular flexibility index (Phi) is 12.0. The van der Waals surface area contributed by atoms with Crippen LogP contribution in [0.5, 0.6) is 23.0 Å². The van der Waals surface area contributed by atoms with Gasteiger partial charge in [-0.25, -0.2) is 14.4 Å². The van der Waals surface area contributed by atoms with Crippen LogP contribution in [-0.4, -0.2) is 62.0 Å². The van der Waals surface area contributed by atoms with Crippen LogP contribution in [-0.2, 0) is 20.8 Å². The molecular formula is C41H40N2O8. The van der Waals surface area contributed by atoms with E-state index >= 15 is 0 Å². The van der Waals surface area contributed by atoms with E-state index in [2.05, 4.69) is 29.6 Å². The molecule has 0 fully saturated rings. The maximum absolute atomic E-state index is 13.8. The Hall–Kier alpha value is -6.16. The Morgan fingerprint density at radius 3 is 1.86 bits per heavy atom. The Morgan fingerprint density at radius 2 is 1.24 bits per heavy atom. The molecule has 0 radical (unpaired) electrons. The summed E-state index contributed by atoms with van der Waals surface area (Å²) in [4.78, 5) is 54.6. The SMILES string of the molecule is COc1ccccc1OC(=O)C(=O)CN(CC(C)C)C(=O)N[C@@H](Cc1ccc(-c2cccc3ccccc23)cc1)C(=O)Oc1ccccc1OC. The highest BCUT2D eigenvalue weighted by molar-refractivity contribution is 6.35. The molecule has 10 heteroatoms. The largest absolute Gasteiger partial charge is 0.493 e. The van der Waals surface area contributed by atoms with E-state index in [0.717, 1.165) is 27.5 Å². The third-order valence-electron chi connectivity index (χ3n) is 8.06. The lowest BCUT2D eigenvalue weighted by molar-refractivity contribution is -0.147. The van der Waals surface area contributed by atoms with Crippen LogP contribution in [0.3, 0.4) is 0 Å². The molecule has 0 aliphatic heterocycles. The number of urea groups is 1. The molecule has 5 aromatic carbocycles. The van der Waals surface area contributed by atoms with Gasteiger partial charge in [-0.2, -0.15) is 0 Å². The molecule has 51 heavy (non-hydrogen) atoms. The van der Waals surface area contributed by atoms with Crippen molar-refractivity contribution in [1.82, 2.24) is 10.2 Å². The molecule has 0 saturated carbocycles. The Labute approximate surface area is 296 Å². The number of ether oxygens (including phenoxy) is 4. The zero-order valence-corrected chi connectivity index (χ0v) is 29.0. The van der Waals surface area contributed by atoms with E-state index in [1.807, 2.05) is 56.3 Å². The van der Waals surface area contributed by atoms with Gasteiger partial charge in [-0.15, -0.1) is 0 Å². The molecule has 0 aliphatic rings. The smallest absolute Gasteiger partial charge is 0.382 e. The standard InChI is InChI=1S/C41H40N2O8/c1-27(2)25-43(26-34(44)40(46)51-38-19-10-8-17-36(38)49-4)41(47)42-33(39(45)50-37-18-9-7-16-35(37)48-3)24-28-20-22-30(23-21-28)32-15-11-13-29-12-5-6-14-31(29)32/h5-23,27,33H,24-26H2,1-4H3,(H,42,47)/t33-/m0/s1. The van der Waals surface area contributed by atoms with Gasteiger partial charge in [-0.05, 0) is 57.6 Å². The third kappa shape index (κ3) is 9.30. The number of hydrogen-bond acceptors (Lipinski definition) is 8. The molecule has 1 N–H and O–H groups in total. The van der Waals surface area contributed by atoms with Gasteiger partial charge in [0.05, 0.1) is 20.8 Å². The normalized spacial score (nSPS) is 11.4. The van der Waals surface area contributed by atoms with E-state index in [4.69, 9.17) is 18.9 Å². The molecule has 0 unspecified atom stereocenters. The zero-order chi connectivity index (χ0) is 36.3. The minimum absolute atomic E-state index is 0.0730. The average Bonchev–Trinajstić information content (AvgIpc) is 3.14. The van der Waals surface area contributed by atoms with Crippen molar-refractivity contribution in [2.45, 2.75) is 26.3 Å². The molecule has 0 saturated heterocycles. The number of carbonyl (C=O) groups excluding carboxylic acids is 4. The van der Waals surface area contributed by atoms with E-state index in [1.165, 1.54) is 25.2 Å². The number of methoxy groups -OCH3 is 2. The van der Waals surface area contributed by atoms with E-state index in [-0.39, 0.29) is 36.1 Å². The van der Waals surface area contributed by atoms with E-state index in [0.29, 0.717) is 5.75 Å². The molecule has 0 aromatic heterocycles. The number of hydrogen-bond donors (Lipinski definition) is 1. The van der Waals surface area contributed by atoms with Crippen LogP contribution in [0, 0.1) is 5.92 Å². The number of benzene rings is 5. The first-order valence-corrected chi connectivity index (χ1v) is 16.5. The fraction of sp³-hybridized carbons (Fsp3) is 0.220. The summed E-state index contributed by atoms with van der Waals surface area (Å²) in [7, 11) is 2.88. The summed E-state index contributed by atoms with van der Waals surface area (Å²) in [5.74, 6) is -2.04. The van der Waals surface area contributed by atoms with Crippen molar-refractivity contribution in [3.05, 3.63) is 121 Å². The van der Waals surface area contributed by atoms with E-state index < -0.39 is 36.3 Å². The number of carbonyl (C=O) groups is 4. The fourth-order valence-electron chi connectivity index (χ4n) is 5.61. The van der Waals surface area contributed by atoms with Crippen molar-refractivity contribution in [3.63, 3.8) is 0 Å². The highest BCUT2D eigenvalue weighted by Crippen LogP contribution is 2.30. The van der Waals surface area contributed by atoms with Crippen molar-refractivity contribution in [2.24, 2.45) is 5.92 Å². The van der Waals surface area contributed by atoms with Gasteiger partial charge in [0, 0.05) is 13.0 Å². The van der Waals surface area contributed by atoms with E-state index in [1.54, 1.807) is 42.5 Å². The summed E-state index contributed by atoms with van der Waals surface area (Å²) in [6, 6.07) is 33.2. The molecule has 0 bridgehead atoms. The number of nitrogens with zero attached hydrogens (tertiary/aromatic N) is 1. The molecule has 0 spiro atoms. The molecule has 10 nitrogen and oxygen atoms in total. The Morgan fingerprint density at radius 1 is 0.667 bits per heavy atom. The lowest BCUT2D eigenvalue weighted by Gasteiger charge is -2.26. The number of ketones is 1.